The second-order valence-corrected chi connectivity index (χ2v) is 9.77. The summed E-state index contributed by atoms with van der Waals surface area (Å²) >= 11 is 12.4. The van der Waals surface area contributed by atoms with Gasteiger partial charge in [-0.3, -0.25) is 19.3 Å². The Labute approximate surface area is 203 Å². The number of fused-ring (bicyclic) bond motifs is 1. The zero-order valence-electron chi connectivity index (χ0n) is 18.2. The fourth-order valence-corrected chi connectivity index (χ4v) is 5.63. The maximum atomic E-state index is 13.0. The largest absolute Gasteiger partial charge is 0.367 e. The highest BCUT2D eigenvalue weighted by atomic mass is 35.5. The van der Waals surface area contributed by atoms with Gasteiger partial charge in [0.1, 0.15) is 0 Å². The molecule has 33 heavy (non-hydrogen) atoms. The number of hydrogen-bond acceptors (Lipinski definition) is 4. The Hall–Kier alpha value is -2.57. The number of piperazine rings is 1. The average molecular weight is 486 g/mol. The molecule has 2 unspecified atom stereocenters. The number of benzene rings is 2. The maximum absolute atomic E-state index is 13.0. The van der Waals surface area contributed by atoms with E-state index in [9.17, 15) is 14.4 Å². The number of imide groups is 1. The lowest BCUT2D eigenvalue weighted by Gasteiger charge is -2.36. The van der Waals surface area contributed by atoms with Crippen molar-refractivity contribution in [2.45, 2.75) is 25.7 Å². The number of nitrogens with zero attached hydrogens (tertiary/aromatic N) is 3. The molecular weight excluding hydrogens is 461 g/mol. The Morgan fingerprint density at radius 2 is 1.42 bits per heavy atom. The molecule has 3 fully saturated rings. The minimum absolute atomic E-state index is 0.0638. The summed E-state index contributed by atoms with van der Waals surface area (Å²) in [5, 5.41) is 1.27. The summed E-state index contributed by atoms with van der Waals surface area (Å²) in [7, 11) is 0. The molecule has 1 saturated carbocycles. The normalized spacial score (nSPS) is 23.2. The van der Waals surface area contributed by atoms with Crippen molar-refractivity contribution in [1.29, 1.82) is 0 Å². The van der Waals surface area contributed by atoms with Crippen LogP contribution in [0, 0.1) is 11.8 Å². The first-order valence-corrected chi connectivity index (χ1v) is 12.2. The molecule has 2 aromatic carbocycles. The lowest BCUT2D eigenvalue weighted by molar-refractivity contribution is -0.122. The van der Waals surface area contributed by atoms with Gasteiger partial charge < -0.3 is 9.80 Å². The molecule has 2 aromatic rings. The van der Waals surface area contributed by atoms with Crippen LogP contribution in [-0.2, 0) is 9.59 Å². The molecule has 3 amide bonds. The topological polar surface area (TPSA) is 60.9 Å². The third-order valence-electron chi connectivity index (χ3n) is 7.03. The van der Waals surface area contributed by atoms with Gasteiger partial charge in [0.25, 0.3) is 5.91 Å². The molecule has 8 heteroatoms. The van der Waals surface area contributed by atoms with Gasteiger partial charge >= 0.3 is 0 Å². The first-order chi connectivity index (χ1) is 15.9. The minimum Gasteiger partial charge on any atom is -0.367 e. The Bertz CT molecular complexity index is 1070. The standard InChI is InChI=1S/C25H25Cl2N3O3/c26-17-7-10-21(27)22(15-17)28-11-13-29(14-12-28)23(31)16-5-8-18(9-6-16)30-24(32)19-3-1-2-4-20(19)25(30)33/h5-10,15,19-20H,1-4,11-14H2. The lowest BCUT2D eigenvalue weighted by Crippen LogP contribution is -2.48. The van der Waals surface area contributed by atoms with Gasteiger partial charge in [0, 0.05) is 36.8 Å². The van der Waals surface area contributed by atoms with Crippen molar-refractivity contribution in [3.8, 4) is 0 Å². The zero-order chi connectivity index (χ0) is 23.1. The summed E-state index contributed by atoms with van der Waals surface area (Å²) in [5.74, 6) is -0.626. The molecule has 5 rings (SSSR count). The third kappa shape index (κ3) is 4.11. The molecule has 2 heterocycles. The van der Waals surface area contributed by atoms with Crippen LogP contribution in [-0.4, -0.2) is 48.8 Å². The van der Waals surface area contributed by atoms with Crippen molar-refractivity contribution in [3.63, 3.8) is 0 Å². The van der Waals surface area contributed by atoms with Gasteiger partial charge in [0.15, 0.2) is 0 Å². The zero-order valence-corrected chi connectivity index (χ0v) is 19.7. The van der Waals surface area contributed by atoms with Crippen LogP contribution < -0.4 is 9.80 Å². The van der Waals surface area contributed by atoms with Crippen molar-refractivity contribution >= 4 is 52.3 Å². The minimum atomic E-state index is -0.183. The second-order valence-electron chi connectivity index (χ2n) is 8.93. The number of anilines is 2. The van der Waals surface area contributed by atoms with E-state index in [1.165, 1.54) is 4.90 Å². The first kappa shape index (κ1) is 22.2. The van der Waals surface area contributed by atoms with Crippen molar-refractivity contribution in [3.05, 3.63) is 58.1 Å². The predicted molar refractivity (Wildman–Crippen MR) is 129 cm³/mol. The Morgan fingerprint density at radius 3 is 2.03 bits per heavy atom. The number of carbonyl (C=O) groups excluding carboxylic acids is 3. The molecule has 0 spiro atoms. The molecule has 0 aromatic heterocycles. The van der Waals surface area contributed by atoms with Crippen LogP contribution in [0.3, 0.4) is 0 Å². The molecule has 0 radical (unpaired) electrons. The van der Waals surface area contributed by atoms with Gasteiger partial charge in [-0.25, -0.2) is 0 Å². The van der Waals surface area contributed by atoms with E-state index in [-0.39, 0.29) is 29.6 Å². The van der Waals surface area contributed by atoms with E-state index >= 15 is 0 Å². The van der Waals surface area contributed by atoms with Crippen LogP contribution in [0.4, 0.5) is 11.4 Å². The molecule has 0 N–H and O–H groups in total. The van der Waals surface area contributed by atoms with E-state index < -0.39 is 0 Å². The van der Waals surface area contributed by atoms with Gasteiger partial charge in [-0.2, -0.15) is 0 Å². The smallest absolute Gasteiger partial charge is 0.253 e. The maximum Gasteiger partial charge on any atom is 0.253 e. The van der Waals surface area contributed by atoms with Crippen molar-refractivity contribution in [2.24, 2.45) is 11.8 Å². The molecule has 2 saturated heterocycles. The van der Waals surface area contributed by atoms with Crippen LogP contribution in [0.2, 0.25) is 10.0 Å². The molecule has 1 aliphatic carbocycles. The first-order valence-electron chi connectivity index (χ1n) is 11.4. The number of amides is 3. The Kier molecular flexibility index (Phi) is 6.06. The average Bonchev–Trinajstić information content (AvgIpc) is 3.10. The molecule has 0 bridgehead atoms. The highest BCUT2D eigenvalue weighted by Crippen LogP contribution is 2.40. The highest BCUT2D eigenvalue weighted by Gasteiger charge is 2.48. The van der Waals surface area contributed by atoms with Crippen LogP contribution in [0.25, 0.3) is 0 Å². The van der Waals surface area contributed by atoms with Crippen molar-refractivity contribution in [1.82, 2.24) is 4.90 Å². The van der Waals surface area contributed by atoms with E-state index in [1.54, 1.807) is 36.4 Å². The molecule has 6 nitrogen and oxygen atoms in total. The summed E-state index contributed by atoms with van der Waals surface area (Å²) in [6, 6.07) is 12.2. The van der Waals surface area contributed by atoms with Gasteiger partial charge in [0.2, 0.25) is 11.8 Å². The van der Waals surface area contributed by atoms with Gasteiger partial charge in [-0.15, -0.1) is 0 Å². The Balaban J connectivity index is 1.25. The lowest BCUT2D eigenvalue weighted by atomic mass is 9.81. The fourth-order valence-electron chi connectivity index (χ4n) is 5.23. The Morgan fingerprint density at radius 1 is 0.818 bits per heavy atom. The molecule has 2 atom stereocenters. The van der Waals surface area contributed by atoms with E-state index in [0.29, 0.717) is 47.5 Å². The van der Waals surface area contributed by atoms with Crippen LogP contribution in [0.1, 0.15) is 36.0 Å². The molecule has 3 aliphatic rings. The SMILES string of the molecule is O=C(c1ccc(N2C(=O)C3CCCCC3C2=O)cc1)N1CCN(c2cc(Cl)ccc2Cl)CC1. The number of carbonyl (C=O) groups is 3. The summed E-state index contributed by atoms with van der Waals surface area (Å²) in [4.78, 5) is 43.9. The van der Waals surface area contributed by atoms with E-state index in [0.717, 1.165) is 31.4 Å². The number of halogens is 2. The molecular formula is C25H25Cl2N3O3. The van der Waals surface area contributed by atoms with Gasteiger partial charge in [-0.05, 0) is 55.3 Å². The van der Waals surface area contributed by atoms with Gasteiger partial charge in [-0.1, -0.05) is 36.0 Å². The predicted octanol–water partition coefficient (Wildman–Crippen LogP) is 4.64. The van der Waals surface area contributed by atoms with E-state index in [2.05, 4.69) is 4.90 Å². The fraction of sp³-hybridized carbons (Fsp3) is 0.400. The van der Waals surface area contributed by atoms with Gasteiger partial charge in [0.05, 0.1) is 28.2 Å². The molecule has 172 valence electrons. The van der Waals surface area contributed by atoms with Crippen LogP contribution in [0.5, 0.6) is 0 Å². The van der Waals surface area contributed by atoms with Crippen LogP contribution in [0.15, 0.2) is 42.5 Å². The second kappa shape index (κ2) is 8.99. The van der Waals surface area contributed by atoms with Crippen molar-refractivity contribution in [2.75, 3.05) is 36.0 Å². The number of rotatable bonds is 3. The van der Waals surface area contributed by atoms with E-state index in [4.69, 9.17) is 23.2 Å². The molecule has 2 aliphatic heterocycles. The van der Waals surface area contributed by atoms with Crippen molar-refractivity contribution < 1.29 is 14.4 Å². The summed E-state index contributed by atoms with van der Waals surface area (Å²) in [6.07, 6.45) is 3.57. The quantitative estimate of drug-likeness (QED) is 0.594. The van der Waals surface area contributed by atoms with E-state index in [1.807, 2.05) is 11.0 Å². The summed E-state index contributed by atoms with van der Waals surface area (Å²) in [5.41, 5.74) is 1.97. The highest BCUT2D eigenvalue weighted by molar-refractivity contribution is 6.35. The van der Waals surface area contributed by atoms with Crippen LogP contribution >= 0.6 is 23.2 Å². The summed E-state index contributed by atoms with van der Waals surface area (Å²) in [6.45, 7) is 2.44. The monoisotopic (exact) mass is 485 g/mol. The summed E-state index contributed by atoms with van der Waals surface area (Å²) < 4.78 is 0. The number of hydrogen-bond donors (Lipinski definition) is 0. The third-order valence-corrected chi connectivity index (χ3v) is 7.58.